The highest BCUT2D eigenvalue weighted by Gasteiger charge is 2.64. The molecular weight excluding hydrogens is 825 g/mol. The molecule has 64 heavy (non-hydrogen) atoms. The van der Waals surface area contributed by atoms with E-state index >= 15 is 0 Å². The second-order valence-corrected chi connectivity index (χ2v) is 20.0. The van der Waals surface area contributed by atoms with Gasteiger partial charge in [-0.25, -0.2) is 4.79 Å². The molecule has 366 valence electrons. The molecule has 0 amide bonds. The minimum absolute atomic E-state index is 0.0428. The van der Waals surface area contributed by atoms with Crippen molar-refractivity contribution in [1.82, 2.24) is 0 Å². The Morgan fingerprint density at radius 3 is 2.27 bits per heavy atom. The quantitative estimate of drug-likeness (QED) is 0.0724. The lowest BCUT2D eigenvalue weighted by molar-refractivity contribution is -0.408. The summed E-state index contributed by atoms with van der Waals surface area (Å²) in [6.45, 7) is 24.0. The van der Waals surface area contributed by atoms with Gasteiger partial charge in [0, 0.05) is 50.2 Å². The van der Waals surface area contributed by atoms with Gasteiger partial charge in [0.2, 0.25) is 5.79 Å². The van der Waals surface area contributed by atoms with Crippen molar-refractivity contribution in [2.24, 2.45) is 41.4 Å². The maximum atomic E-state index is 14.8. The average Bonchev–Trinajstić information content (AvgIpc) is 3.62. The fourth-order valence-electron chi connectivity index (χ4n) is 11.3. The van der Waals surface area contributed by atoms with Crippen LogP contribution >= 0.6 is 0 Å². The van der Waals surface area contributed by atoms with Crippen LogP contribution in [0.25, 0.3) is 0 Å². The number of aliphatic hydroxyl groups is 2. The summed E-state index contributed by atoms with van der Waals surface area (Å²) >= 11 is 0. The first-order valence-electron chi connectivity index (χ1n) is 24.4. The summed E-state index contributed by atoms with van der Waals surface area (Å²) in [5.74, 6) is -5.54. The number of rotatable bonds is 19. The van der Waals surface area contributed by atoms with Crippen LogP contribution in [0.3, 0.4) is 0 Å². The average molecular weight is 907 g/mol. The van der Waals surface area contributed by atoms with Gasteiger partial charge in [-0.2, -0.15) is 0 Å². The van der Waals surface area contributed by atoms with Crippen LogP contribution in [0.2, 0.25) is 0 Å². The fourth-order valence-corrected chi connectivity index (χ4v) is 11.3. The highest BCUT2D eigenvalue weighted by Crippen LogP contribution is 2.54. The van der Waals surface area contributed by atoms with E-state index in [-0.39, 0.29) is 61.0 Å². The molecule has 0 aliphatic carbocycles. The van der Waals surface area contributed by atoms with E-state index in [9.17, 15) is 24.6 Å². The van der Waals surface area contributed by atoms with Crippen LogP contribution in [0.4, 0.5) is 4.79 Å². The number of aliphatic hydroxyl groups excluding tert-OH is 1. The highest BCUT2D eigenvalue weighted by molar-refractivity contribution is 5.84. The summed E-state index contributed by atoms with van der Waals surface area (Å²) in [6, 6.07) is 0. The van der Waals surface area contributed by atoms with Gasteiger partial charge in [-0.3, -0.25) is 9.59 Å². The zero-order chi connectivity index (χ0) is 47.2. The maximum Gasteiger partial charge on any atom is 0.509 e. The number of Topliss-reactive ketones (excluding diaryl/α,β-unsaturated/α-hetero) is 1. The Balaban J connectivity index is 1.37. The minimum Gasteiger partial charge on any atom is -0.461 e. The Morgan fingerprint density at radius 1 is 0.906 bits per heavy atom. The van der Waals surface area contributed by atoms with Crippen molar-refractivity contribution >= 4 is 17.9 Å². The third-order valence-electron chi connectivity index (χ3n) is 15.7. The molecule has 5 rings (SSSR count). The first-order valence-corrected chi connectivity index (χ1v) is 24.4. The first kappa shape index (κ1) is 52.5. The van der Waals surface area contributed by atoms with Gasteiger partial charge in [0.1, 0.15) is 12.4 Å². The predicted molar refractivity (Wildman–Crippen MR) is 239 cm³/mol. The standard InChI is InChI=1S/C50H82O14/c1-13-26-57-45(53)36(14-2)38-19-18-30(5)43(60-38)34(9)41(51)33(8)42(52)37(15-3)44-31(6)29-32(7)49(62-44)23-21-40(61-46(54)58-28-17-27-56-12)50(64-49)25-24-47(11,63-50)39-20-22-48(55,16-4)35(10)59-39/h13,21,23,30-41,43-44,51,55H,1,14-20,22,24-29H2,2-12H3/t30?,31-,32+,33-,34-,35-,36+,37-,38+,39+,40+,41+,43+,44-,47-,48+,49-,50-/m0/s1. The van der Waals surface area contributed by atoms with Gasteiger partial charge in [-0.1, -0.05) is 68.0 Å². The van der Waals surface area contributed by atoms with Crippen LogP contribution in [0.15, 0.2) is 24.8 Å². The third kappa shape index (κ3) is 11.1. The van der Waals surface area contributed by atoms with Gasteiger partial charge in [-0.15, -0.1) is 0 Å². The third-order valence-corrected chi connectivity index (χ3v) is 15.7. The Labute approximate surface area is 382 Å². The lowest BCUT2D eigenvalue weighted by Gasteiger charge is -2.54. The van der Waals surface area contributed by atoms with Crippen molar-refractivity contribution in [1.29, 1.82) is 0 Å². The van der Waals surface area contributed by atoms with Crippen molar-refractivity contribution in [3.63, 3.8) is 0 Å². The second kappa shape index (κ2) is 22.1. The molecule has 0 aromatic heterocycles. The van der Waals surface area contributed by atoms with Crippen LogP contribution in [0.5, 0.6) is 0 Å². The van der Waals surface area contributed by atoms with Crippen LogP contribution < -0.4 is 0 Å². The number of carbonyl (C=O) groups excluding carboxylic acids is 3. The molecule has 5 aliphatic rings. The molecule has 14 heteroatoms. The lowest BCUT2D eigenvalue weighted by Crippen LogP contribution is -2.63. The molecule has 14 nitrogen and oxygen atoms in total. The molecule has 0 aromatic carbocycles. The number of carbonyl (C=O) groups is 3. The van der Waals surface area contributed by atoms with Crippen LogP contribution in [-0.2, 0) is 52.2 Å². The molecule has 5 aliphatic heterocycles. The topological polar surface area (TPSA) is 175 Å². The monoisotopic (exact) mass is 907 g/mol. The van der Waals surface area contributed by atoms with E-state index in [1.165, 1.54) is 0 Å². The van der Waals surface area contributed by atoms with Crippen molar-refractivity contribution in [2.45, 2.75) is 205 Å². The number of methoxy groups -OCH3 is 1. The molecule has 0 radical (unpaired) electrons. The van der Waals surface area contributed by atoms with Gasteiger partial charge < -0.3 is 52.8 Å². The molecular formula is C50H82O14. The zero-order valence-corrected chi connectivity index (χ0v) is 40.7. The van der Waals surface area contributed by atoms with E-state index < -0.39 is 77.0 Å². The fraction of sp³-hybridized carbons (Fsp3) is 0.860. The lowest BCUT2D eigenvalue weighted by atomic mass is 9.72. The van der Waals surface area contributed by atoms with Gasteiger partial charge in [0.25, 0.3) is 0 Å². The van der Waals surface area contributed by atoms with E-state index in [1.54, 1.807) is 32.3 Å². The van der Waals surface area contributed by atoms with Crippen molar-refractivity contribution < 1.29 is 67.2 Å². The first-order chi connectivity index (χ1) is 30.3. The Kier molecular flexibility index (Phi) is 18.2. The number of hydrogen-bond acceptors (Lipinski definition) is 14. The van der Waals surface area contributed by atoms with E-state index in [0.717, 1.165) is 6.42 Å². The molecule has 0 saturated carbocycles. The summed E-state index contributed by atoms with van der Waals surface area (Å²) in [5.41, 5.74) is -1.79. The van der Waals surface area contributed by atoms with E-state index in [2.05, 4.69) is 27.4 Å². The van der Waals surface area contributed by atoms with E-state index in [1.807, 2.05) is 41.5 Å². The van der Waals surface area contributed by atoms with E-state index in [0.29, 0.717) is 70.8 Å². The Bertz CT molecular complexity index is 1600. The van der Waals surface area contributed by atoms with Crippen LogP contribution in [0, 0.1) is 41.4 Å². The molecule has 18 atom stereocenters. The van der Waals surface area contributed by atoms with Crippen LogP contribution in [-0.4, -0.2) is 121 Å². The predicted octanol–water partition coefficient (Wildman–Crippen LogP) is 8.03. The van der Waals surface area contributed by atoms with Crippen LogP contribution in [0.1, 0.15) is 140 Å². The summed E-state index contributed by atoms with van der Waals surface area (Å²) in [7, 11) is 1.58. The summed E-state index contributed by atoms with van der Waals surface area (Å²) in [5, 5.41) is 23.2. The van der Waals surface area contributed by atoms with Gasteiger partial charge in [-0.05, 0) is 95.6 Å². The van der Waals surface area contributed by atoms with Crippen molar-refractivity contribution in [2.75, 3.05) is 26.9 Å². The molecule has 2 N–H and O–H groups in total. The number of hydrogen-bond donors (Lipinski definition) is 2. The molecule has 1 unspecified atom stereocenters. The smallest absolute Gasteiger partial charge is 0.461 e. The SMILES string of the molecule is C=CCOC(=O)[C@H](CC)[C@H]1CCC(C)[C@H]([C@@H](C)[C@H](O)[C@H](C)C(=O)[C@H](CC)[C@H]2O[C@]3(C=C[C@@H](OC(=O)OCCCOC)[C@]4(CC[C@@](C)([C@H]5CC[C@](O)(CC)[C@H](C)O5)O4)O3)[C@H](C)C[C@@H]2C)O1. The van der Waals surface area contributed by atoms with Gasteiger partial charge in [0.15, 0.2) is 11.9 Å². The maximum absolute atomic E-state index is 14.8. The highest BCUT2D eigenvalue weighted by atomic mass is 16.8. The summed E-state index contributed by atoms with van der Waals surface area (Å²) in [4.78, 5) is 40.9. The molecule has 5 heterocycles. The van der Waals surface area contributed by atoms with Gasteiger partial charge >= 0.3 is 12.1 Å². The summed E-state index contributed by atoms with van der Waals surface area (Å²) < 4.78 is 56.4. The molecule has 0 aromatic rings. The molecule has 2 spiro atoms. The van der Waals surface area contributed by atoms with Crippen molar-refractivity contribution in [3.8, 4) is 0 Å². The normalized spacial score (nSPS) is 40.0. The van der Waals surface area contributed by atoms with E-state index in [4.69, 9.17) is 42.6 Å². The second-order valence-electron chi connectivity index (χ2n) is 20.0. The molecule has 4 fully saturated rings. The Morgan fingerprint density at radius 2 is 1.62 bits per heavy atom. The molecule has 0 bridgehead atoms. The number of ketones is 1. The largest absolute Gasteiger partial charge is 0.509 e. The number of ether oxygens (including phenoxy) is 9. The minimum atomic E-state index is -1.49. The number of esters is 1. The summed E-state index contributed by atoms with van der Waals surface area (Å²) in [6.07, 6.45) is 6.44. The van der Waals surface area contributed by atoms with Crippen molar-refractivity contribution in [3.05, 3.63) is 24.8 Å². The van der Waals surface area contributed by atoms with Gasteiger partial charge in [0.05, 0.1) is 60.4 Å². The zero-order valence-electron chi connectivity index (χ0n) is 40.7. The Hall–Kier alpha value is -2.43. The molecule has 4 saturated heterocycles.